The molecule has 5 amide bonds. The molecule has 6 N–H and O–H groups in total. The van der Waals surface area contributed by atoms with E-state index in [9.17, 15) is 38.3 Å². The highest BCUT2D eigenvalue weighted by Crippen LogP contribution is 2.34. The monoisotopic (exact) mass is 1050 g/mol. The minimum atomic E-state index is -1.20. The number of carboxylic acids is 1. The highest BCUT2D eigenvalue weighted by atomic mass is 32.1. The summed E-state index contributed by atoms with van der Waals surface area (Å²) in [5, 5.41) is 27.6. The van der Waals surface area contributed by atoms with Crippen LogP contribution in [-0.2, 0) is 0 Å². The molecule has 8 rings (SSSR count). The summed E-state index contributed by atoms with van der Waals surface area (Å²) in [6.07, 6.45) is 12.2. The SMILES string of the molecule is CCCCN(CCCC)CCCNC(=O)c1ccc(-c2cc(C(=O)NC3CC3)cc(F)c2C)c(C(=O)Nc2nccs2)c1.Cc1c(F)cc(C(=O)NC2CC2)cc1-c1ccc(C(=O)O)cc1C(=O)Nc1nccs1. The highest BCUT2D eigenvalue weighted by Gasteiger charge is 2.28. The van der Waals surface area contributed by atoms with Gasteiger partial charge in [0.2, 0.25) is 0 Å². The lowest BCUT2D eigenvalue weighted by molar-refractivity contribution is 0.0695. The van der Waals surface area contributed by atoms with Gasteiger partial charge >= 0.3 is 5.97 Å². The topological polar surface area (TPSA) is 212 Å². The van der Waals surface area contributed by atoms with E-state index in [-0.39, 0.29) is 57.3 Å². The average molecular weight is 1050 g/mol. The van der Waals surface area contributed by atoms with Crippen molar-refractivity contribution in [3.63, 3.8) is 0 Å². The van der Waals surface area contributed by atoms with Crippen molar-refractivity contribution in [2.75, 3.05) is 36.8 Å². The van der Waals surface area contributed by atoms with Crippen LogP contribution in [-0.4, -0.2) is 93.7 Å². The van der Waals surface area contributed by atoms with Crippen LogP contribution in [0, 0.1) is 25.5 Å². The van der Waals surface area contributed by atoms with Crippen molar-refractivity contribution in [1.29, 1.82) is 0 Å². The number of aromatic nitrogens is 2. The number of carbonyl (C=O) groups excluding carboxylic acids is 5. The van der Waals surface area contributed by atoms with Gasteiger partial charge in [0, 0.05) is 69.6 Å². The van der Waals surface area contributed by atoms with Gasteiger partial charge in [-0.2, -0.15) is 0 Å². The minimum absolute atomic E-state index is 0.0392. The molecule has 0 atom stereocenters. The molecule has 0 aliphatic heterocycles. The molecule has 6 aromatic rings. The number of halogens is 2. The van der Waals surface area contributed by atoms with E-state index < -0.39 is 35.3 Å². The van der Waals surface area contributed by atoms with Gasteiger partial charge in [-0.15, -0.1) is 22.7 Å². The molecule has 0 saturated heterocycles. The average Bonchev–Trinajstić information content (AvgIpc) is 4.28. The lowest BCUT2D eigenvalue weighted by Gasteiger charge is -2.22. The van der Waals surface area contributed by atoms with Crippen LogP contribution in [0.5, 0.6) is 0 Å². The van der Waals surface area contributed by atoms with Gasteiger partial charge in [0.15, 0.2) is 10.3 Å². The van der Waals surface area contributed by atoms with Gasteiger partial charge in [-0.05, 0) is 160 Å². The number of aromatic carboxylic acids is 1. The van der Waals surface area contributed by atoms with E-state index in [2.05, 4.69) is 55.3 Å². The molecule has 2 heterocycles. The zero-order chi connectivity index (χ0) is 52.9. The van der Waals surface area contributed by atoms with E-state index in [4.69, 9.17) is 0 Å². The van der Waals surface area contributed by atoms with E-state index in [0.717, 1.165) is 83.5 Å². The fourth-order valence-electron chi connectivity index (χ4n) is 7.99. The van der Waals surface area contributed by atoms with E-state index in [1.807, 2.05) is 0 Å². The smallest absolute Gasteiger partial charge is 0.335 e. The van der Waals surface area contributed by atoms with Crippen LogP contribution in [0.15, 0.2) is 83.8 Å². The predicted octanol–water partition coefficient (Wildman–Crippen LogP) is 10.5. The Bertz CT molecular complexity index is 2990. The van der Waals surface area contributed by atoms with Gasteiger partial charge in [-0.1, -0.05) is 38.8 Å². The van der Waals surface area contributed by atoms with E-state index in [1.54, 1.807) is 49.0 Å². The second kappa shape index (κ2) is 25.6. The third kappa shape index (κ3) is 14.7. The molecule has 388 valence electrons. The summed E-state index contributed by atoms with van der Waals surface area (Å²) in [4.78, 5) is 86.9. The number of nitrogens with one attached hydrogen (secondary N) is 5. The summed E-state index contributed by atoms with van der Waals surface area (Å²) in [5.41, 5.74) is 2.82. The number of carbonyl (C=O) groups is 6. The van der Waals surface area contributed by atoms with Crippen molar-refractivity contribution in [3.05, 3.63) is 140 Å². The zero-order valence-corrected chi connectivity index (χ0v) is 43.4. The number of nitrogens with zero attached hydrogens (tertiary/aromatic N) is 3. The second-order valence-electron chi connectivity index (χ2n) is 18.3. The summed E-state index contributed by atoms with van der Waals surface area (Å²) < 4.78 is 29.8. The number of thiazole rings is 2. The molecule has 4 aromatic carbocycles. The van der Waals surface area contributed by atoms with Crippen molar-refractivity contribution in [3.8, 4) is 22.3 Å². The molecule has 2 fully saturated rings. The number of hydrogen-bond acceptors (Lipinski definition) is 11. The van der Waals surface area contributed by atoms with E-state index in [1.165, 1.54) is 65.3 Å². The number of rotatable bonds is 22. The van der Waals surface area contributed by atoms with Crippen molar-refractivity contribution >= 4 is 68.4 Å². The number of carboxylic acid groups (broad SMARTS) is 1. The zero-order valence-electron chi connectivity index (χ0n) is 41.7. The molecule has 0 radical (unpaired) electrons. The fraction of sp³-hybridized carbons (Fsp3) is 0.345. The number of hydrogen-bond donors (Lipinski definition) is 6. The fourth-order valence-corrected chi connectivity index (χ4v) is 9.03. The molecule has 2 aliphatic rings. The Morgan fingerprint density at radius 3 is 1.45 bits per heavy atom. The minimum Gasteiger partial charge on any atom is -0.478 e. The van der Waals surface area contributed by atoms with Crippen LogP contribution in [0.25, 0.3) is 22.3 Å². The van der Waals surface area contributed by atoms with Crippen LogP contribution in [0.1, 0.15) is 145 Å². The van der Waals surface area contributed by atoms with Crippen molar-refractivity contribution < 1.29 is 42.7 Å². The summed E-state index contributed by atoms with van der Waals surface area (Å²) >= 11 is 2.48. The van der Waals surface area contributed by atoms with Gasteiger partial charge in [0.05, 0.1) is 5.56 Å². The van der Waals surface area contributed by atoms with E-state index >= 15 is 4.39 Å². The molecule has 19 heteroatoms. The molecule has 2 aromatic heterocycles. The number of unbranched alkanes of at least 4 members (excludes halogenated alkanes) is 2. The maximum absolute atomic E-state index is 15.1. The molecule has 74 heavy (non-hydrogen) atoms. The molecule has 0 unspecified atom stereocenters. The summed E-state index contributed by atoms with van der Waals surface area (Å²) in [6, 6.07) is 14.6. The Balaban J connectivity index is 0.000000227. The maximum atomic E-state index is 15.1. The maximum Gasteiger partial charge on any atom is 0.335 e. The molecule has 0 bridgehead atoms. The second-order valence-corrected chi connectivity index (χ2v) is 20.1. The molecule has 2 saturated carbocycles. The third-order valence-electron chi connectivity index (χ3n) is 12.6. The Morgan fingerprint density at radius 1 is 0.581 bits per heavy atom. The van der Waals surface area contributed by atoms with Gasteiger partial charge in [-0.25, -0.2) is 23.5 Å². The first-order valence-corrected chi connectivity index (χ1v) is 26.6. The normalized spacial score (nSPS) is 12.9. The number of benzene rings is 4. The first-order valence-electron chi connectivity index (χ1n) is 24.8. The van der Waals surface area contributed by atoms with Crippen molar-refractivity contribution in [2.24, 2.45) is 0 Å². The molecule has 0 spiro atoms. The van der Waals surface area contributed by atoms with Crippen LogP contribution < -0.4 is 26.6 Å². The Hall–Kier alpha value is -7.22. The van der Waals surface area contributed by atoms with Gasteiger partial charge in [0.25, 0.3) is 29.5 Å². The molecular formula is C55H60F2N8O7S2. The van der Waals surface area contributed by atoms with E-state index in [0.29, 0.717) is 50.2 Å². The number of anilines is 2. The van der Waals surface area contributed by atoms with Crippen LogP contribution in [0.4, 0.5) is 19.0 Å². The summed E-state index contributed by atoms with van der Waals surface area (Å²) in [7, 11) is 0. The quantitative estimate of drug-likeness (QED) is 0.0354. The van der Waals surface area contributed by atoms with Gasteiger partial charge in [-0.3, -0.25) is 34.6 Å². The standard InChI is InChI=1S/C33H42FN5O3S.C22H18FN3O4S/c1-4-6-15-39(16-7-5-2)17-8-13-35-30(40)23-9-12-26(28(19-23)32(42)38-33-36-14-18-43-33)27-20-24(21-29(34)22(27)3)31(41)37-25-10-11-25;1-11-16(9-13(10-18(11)23)19(27)25-14-3-4-14)15-5-2-12(21(29)30)8-17(15)20(28)26-22-24-6-7-31-22/h9,12,14,18-21,25H,4-8,10-11,13,15-17H2,1-3H3,(H,35,40)(H,37,41)(H,36,38,42);2,5-10,14H,3-4H2,1H3,(H,25,27)(H,29,30)(H,24,26,28). The Morgan fingerprint density at radius 2 is 1.03 bits per heavy atom. The Labute approximate surface area is 436 Å². The lowest BCUT2D eigenvalue weighted by Crippen LogP contribution is -2.31. The van der Waals surface area contributed by atoms with Crippen LogP contribution in [0.3, 0.4) is 0 Å². The molecular weight excluding hydrogens is 987 g/mol. The van der Waals surface area contributed by atoms with Gasteiger partial charge in [0.1, 0.15) is 11.6 Å². The van der Waals surface area contributed by atoms with Crippen LogP contribution in [0.2, 0.25) is 0 Å². The summed E-state index contributed by atoms with van der Waals surface area (Å²) in [5.74, 6) is -4.42. The van der Waals surface area contributed by atoms with Crippen molar-refractivity contribution in [2.45, 2.75) is 97.6 Å². The molecule has 2 aliphatic carbocycles. The van der Waals surface area contributed by atoms with Crippen molar-refractivity contribution in [1.82, 2.24) is 30.8 Å². The molecule has 15 nitrogen and oxygen atoms in total. The summed E-state index contributed by atoms with van der Waals surface area (Å²) in [6.45, 7) is 11.1. The van der Waals surface area contributed by atoms with Crippen LogP contribution >= 0.6 is 22.7 Å². The highest BCUT2D eigenvalue weighted by molar-refractivity contribution is 7.14. The number of amides is 5. The van der Waals surface area contributed by atoms with Gasteiger partial charge < -0.3 is 26.0 Å². The first-order chi connectivity index (χ1) is 35.6. The predicted molar refractivity (Wildman–Crippen MR) is 284 cm³/mol. The third-order valence-corrected chi connectivity index (χ3v) is 13.9. The lowest BCUT2D eigenvalue weighted by atomic mass is 9.92. The Kier molecular flexibility index (Phi) is 18.9. The first kappa shape index (κ1) is 54.6. The largest absolute Gasteiger partial charge is 0.478 e.